The van der Waals surface area contributed by atoms with Crippen LogP contribution in [0.4, 0.5) is 4.79 Å². The van der Waals surface area contributed by atoms with Crippen molar-refractivity contribution in [3.8, 4) is 12.3 Å². The number of carboxylic acids is 1. The molecule has 0 saturated carbocycles. The van der Waals surface area contributed by atoms with Gasteiger partial charge < -0.3 is 15.3 Å². The van der Waals surface area contributed by atoms with Crippen LogP contribution in [-0.4, -0.2) is 35.6 Å². The first-order valence-electron chi connectivity index (χ1n) is 6.68. The van der Waals surface area contributed by atoms with E-state index in [4.69, 9.17) is 11.5 Å². The molecule has 0 aliphatic heterocycles. The Morgan fingerprint density at radius 3 is 2.52 bits per heavy atom. The van der Waals surface area contributed by atoms with E-state index in [1.165, 1.54) is 4.90 Å². The van der Waals surface area contributed by atoms with Gasteiger partial charge in [0.2, 0.25) is 0 Å². The van der Waals surface area contributed by atoms with Gasteiger partial charge in [0.05, 0.1) is 12.0 Å². The minimum atomic E-state index is -0.933. The molecule has 2 amide bonds. The molecule has 0 heterocycles. The number of hydrogen-bond donors (Lipinski definition) is 2. The Kier molecular flexibility index (Phi) is 6.28. The second-order valence-corrected chi connectivity index (χ2v) is 4.94. The van der Waals surface area contributed by atoms with Gasteiger partial charge in [-0.15, -0.1) is 12.3 Å². The zero-order valence-electron chi connectivity index (χ0n) is 12.2. The number of nitrogens with one attached hydrogen (secondary N) is 1. The van der Waals surface area contributed by atoms with Gasteiger partial charge in [-0.2, -0.15) is 0 Å². The maximum absolute atomic E-state index is 12.1. The molecule has 1 aromatic carbocycles. The van der Waals surface area contributed by atoms with Gasteiger partial charge in [-0.05, 0) is 5.56 Å². The molecule has 0 fully saturated rings. The van der Waals surface area contributed by atoms with E-state index in [1.807, 2.05) is 30.3 Å². The molecule has 2 unspecified atom stereocenters. The monoisotopic (exact) mass is 288 g/mol. The molecule has 2 atom stereocenters. The fraction of sp³-hybridized carbons (Fsp3) is 0.375. The van der Waals surface area contributed by atoms with Crippen LogP contribution in [0.2, 0.25) is 0 Å². The minimum absolute atomic E-state index is 0.138. The Balaban J connectivity index is 2.69. The highest BCUT2D eigenvalue weighted by Crippen LogP contribution is 2.16. The maximum Gasteiger partial charge on any atom is 0.317 e. The van der Waals surface area contributed by atoms with Gasteiger partial charge in [-0.25, -0.2) is 4.79 Å². The van der Waals surface area contributed by atoms with Crippen LogP contribution >= 0.6 is 0 Å². The highest BCUT2D eigenvalue weighted by molar-refractivity contribution is 5.76. The van der Waals surface area contributed by atoms with E-state index in [9.17, 15) is 9.59 Å². The number of urea groups is 1. The number of nitrogens with zero attached hydrogens (tertiary/aromatic N) is 1. The summed E-state index contributed by atoms with van der Waals surface area (Å²) in [6, 6.07) is 8.80. The predicted molar refractivity (Wildman–Crippen MR) is 80.6 cm³/mol. The molecule has 1 rings (SSSR count). The smallest absolute Gasteiger partial charge is 0.317 e. The highest BCUT2D eigenvalue weighted by atomic mass is 16.4. The molecule has 5 nitrogen and oxygen atoms in total. The van der Waals surface area contributed by atoms with Crippen molar-refractivity contribution in [1.82, 2.24) is 10.2 Å². The zero-order valence-corrected chi connectivity index (χ0v) is 12.2. The van der Waals surface area contributed by atoms with Crippen LogP contribution in [0.15, 0.2) is 30.3 Å². The number of hydrogen-bond acceptors (Lipinski definition) is 2. The Bertz CT molecular complexity index is 522. The molecule has 5 heteroatoms. The Morgan fingerprint density at radius 1 is 1.38 bits per heavy atom. The van der Waals surface area contributed by atoms with Crippen molar-refractivity contribution in [2.24, 2.45) is 5.92 Å². The number of rotatable bonds is 6. The molecule has 21 heavy (non-hydrogen) atoms. The summed E-state index contributed by atoms with van der Waals surface area (Å²) < 4.78 is 0. The molecule has 0 saturated heterocycles. The standard InChI is InChI=1S/C16H20N2O3/c1-4-8-14(13-9-6-5-7-10-13)17-16(21)18(3)11-12(2)15(19)20/h1,5-7,9-10,12,14H,8,11H2,2-3H3,(H,17,21)(H,19,20). The summed E-state index contributed by atoms with van der Waals surface area (Å²) in [6.07, 6.45) is 5.72. The number of amides is 2. The summed E-state index contributed by atoms with van der Waals surface area (Å²) in [7, 11) is 1.56. The maximum atomic E-state index is 12.1. The zero-order chi connectivity index (χ0) is 15.8. The molecular weight excluding hydrogens is 268 g/mol. The molecule has 0 spiro atoms. The van der Waals surface area contributed by atoms with Crippen molar-refractivity contribution in [3.05, 3.63) is 35.9 Å². The summed E-state index contributed by atoms with van der Waals surface area (Å²) in [5.41, 5.74) is 0.920. The summed E-state index contributed by atoms with van der Waals surface area (Å²) in [4.78, 5) is 24.3. The first kappa shape index (κ1) is 16.6. The van der Waals surface area contributed by atoms with Crippen LogP contribution in [-0.2, 0) is 4.79 Å². The summed E-state index contributed by atoms with van der Waals surface area (Å²) in [5, 5.41) is 11.7. The van der Waals surface area contributed by atoms with Gasteiger partial charge in [0.15, 0.2) is 0 Å². The van der Waals surface area contributed by atoms with Gasteiger partial charge >= 0.3 is 12.0 Å². The molecule has 0 aliphatic carbocycles. The number of carbonyl (C=O) groups is 2. The molecular formula is C16H20N2O3. The Morgan fingerprint density at radius 2 is 2.00 bits per heavy atom. The van der Waals surface area contributed by atoms with Gasteiger partial charge in [-0.1, -0.05) is 37.3 Å². The second kappa shape index (κ2) is 7.95. The fourth-order valence-electron chi connectivity index (χ4n) is 1.89. The van der Waals surface area contributed by atoms with Gasteiger partial charge in [0.25, 0.3) is 0 Å². The van der Waals surface area contributed by atoms with E-state index in [2.05, 4.69) is 11.2 Å². The number of benzene rings is 1. The lowest BCUT2D eigenvalue weighted by Crippen LogP contribution is -2.42. The average molecular weight is 288 g/mol. The summed E-state index contributed by atoms with van der Waals surface area (Å²) in [6.45, 7) is 1.70. The molecule has 0 aliphatic rings. The van der Waals surface area contributed by atoms with E-state index in [0.29, 0.717) is 6.42 Å². The molecule has 0 bridgehead atoms. The van der Waals surface area contributed by atoms with Crippen molar-refractivity contribution in [2.45, 2.75) is 19.4 Å². The lowest BCUT2D eigenvalue weighted by molar-refractivity contribution is -0.141. The third kappa shape index (κ3) is 5.19. The quantitative estimate of drug-likeness (QED) is 0.788. The van der Waals surface area contributed by atoms with E-state index in [1.54, 1.807) is 14.0 Å². The molecule has 0 radical (unpaired) electrons. The molecule has 0 aromatic heterocycles. The lowest BCUT2D eigenvalue weighted by atomic mass is 10.0. The molecule has 1 aromatic rings. The van der Waals surface area contributed by atoms with Gasteiger partial charge in [-0.3, -0.25) is 4.79 Å². The third-order valence-electron chi connectivity index (χ3n) is 3.14. The van der Waals surface area contributed by atoms with Crippen molar-refractivity contribution in [3.63, 3.8) is 0 Å². The second-order valence-electron chi connectivity index (χ2n) is 4.94. The van der Waals surface area contributed by atoms with Gasteiger partial charge in [0.1, 0.15) is 0 Å². The molecule has 112 valence electrons. The van der Waals surface area contributed by atoms with Crippen LogP contribution in [0.5, 0.6) is 0 Å². The average Bonchev–Trinajstić information content (AvgIpc) is 2.47. The van der Waals surface area contributed by atoms with Crippen molar-refractivity contribution in [2.75, 3.05) is 13.6 Å². The van der Waals surface area contributed by atoms with E-state index < -0.39 is 11.9 Å². The van der Waals surface area contributed by atoms with Crippen molar-refractivity contribution in [1.29, 1.82) is 0 Å². The first-order valence-corrected chi connectivity index (χ1v) is 6.68. The number of carbonyl (C=O) groups excluding carboxylic acids is 1. The number of carboxylic acid groups (broad SMARTS) is 1. The van der Waals surface area contributed by atoms with Crippen LogP contribution in [0, 0.1) is 18.3 Å². The van der Waals surface area contributed by atoms with Crippen molar-refractivity contribution >= 4 is 12.0 Å². The minimum Gasteiger partial charge on any atom is -0.481 e. The van der Waals surface area contributed by atoms with Crippen molar-refractivity contribution < 1.29 is 14.7 Å². The molecule has 2 N–H and O–H groups in total. The van der Waals surface area contributed by atoms with Crippen LogP contribution < -0.4 is 5.32 Å². The van der Waals surface area contributed by atoms with Crippen LogP contribution in [0.3, 0.4) is 0 Å². The van der Waals surface area contributed by atoms with E-state index in [-0.39, 0.29) is 18.6 Å². The number of aliphatic carboxylic acids is 1. The Labute approximate surface area is 125 Å². The van der Waals surface area contributed by atoms with Crippen LogP contribution in [0.1, 0.15) is 24.9 Å². The third-order valence-corrected chi connectivity index (χ3v) is 3.14. The first-order chi connectivity index (χ1) is 9.95. The SMILES string of the molecule is C#CCC(NC(=O)N(C)CC(C)C(=O)O)c1ccccc1. The lowest BCUT2D eigenvalue weighted by Gasteiger charge is -2.24. The Hall–Kier alpha value is -2.48. The predicted octanol–water partition coefficient (Wildman–Crippen LogP) is 2.11. The fourth-order valence-corrected chi connectivity index (χ4v) is 1.89. The highest BCUT2D eigenvalue weighted by Gasteiger charge is 2.20. The van der Waals surface area contributed by atoms with Crippen LogP contribution in [0.25, 0.3) is 0 Å². The summed E-state index contributed by atoms with van der Waals surface area (Å²) in [5.74, 6) is 0.988. The van der Waals surface area contributed by atoms with E-state index in [0.717, 1.165) is 5.56 Å². The normalized spacial score (nSPS) is 12.8. The largest absolute Gasteiger partial charge is 0.481 e. The topological polar surface area (TPSA) is 69.6 Å². The van der Waals surface area contributed by atoms with E-state index >= 15 is 0 Å². The number of terminal acetylenes is 1. The summed E-state index contributed by atoms with van der Waals surface area (Å²) >= 11 is 0. The van der Waals surface area contributed by atoms with Gasteiger partial charge in [0, 0.05) is 20.0 Å².